The maximum Gasteiger partial charge on any atom is 0.126 e. The molecule has 2 nitrogen and oxygen atoms in total. The predicted molar refractivity (Wildman–Crippen MR) is 74.7 cm³/mol. The largest absolute Gasteiger partial charge is 0.383 e. The van der Waals surface area contributed by atoms with Crippen molar-refractivity contribution in [3.63, 3.8) is 0 Å². The lowest BCUT2D eigenvalue weighted by atomic mass is 10.1. The van der Waals surface area contributed by atoms with E-state index in [1.165, 1.54) is 11.1 Å². The maximum absolute atomic E-state index is 6.08. The van der Waals surface area contributed by atoms with Crippen molar-refractivity contribution in [2.45, 2.75) is 18.9 Å². The minimum atomic E-state index is 0.224. The minimum absolute atomic E-state index is 0.224. The van der Waals surface area contributed by atoms with Gasteiger partial charge in [0.1, 0.15) is 5.84 Å². The Bertz CT molecular complexity index is 573. The van der Waals surface area contributed by atoms with Gasteiger partial charge in [-0.25, -0.2) is 0 Å². The fourth-order valence-electron chi connectivity index (χ4n) is 2.52. The number of aryl methyl sites for hydroxylation is 1. The van der Waals surface area contributed by atoms with Gasteiger partial charge in [-0.3, -0.25) is 4.99 Å². The predicted octanol–water partition coefficient (Wildman–Crippen LogP) is 3.08. The van der Waals surface area contributed by atoms with Gasteiger partial charge in [-0.1, -0.05) is 54.6 Å². The number of rotatable bonds is 2. The van der Waals surface area contributed by atoms with Crippen molar-refractivity contribution >= 4 is 5.84 Å². The molecule has 2 heteroatoms. The summed E-state index contributed by atoms with van der Waals surface area (Å²) in [6, 6.07) is 18.7. The molecule has 2 N–H and O–H groups in total. The molecule has 0 fully saturated rings. The summed E-state index contributed by atoms with van der Waals surface area (Å²) in [5.74, 6) is 0.636. The van der Waals surface area contributed by atoms with Gasteiger partial charge >= 0.3 is 0 Å². The molecular formula is C16H16N2. The SMILES string of the molecule is NC(=NC1CCc2ccccc21)c1ccccc1. The molecule has 0 radical (unpaired) electrons. The number of aliphatic imine (C=N–C) groups is 1. The lowest BCUT2D eigenvalue weighted by Gasteiger charge is -2.08. The van der Waals surface area contributed by atoms with E-state index < -0.39 is 0 Å². The Morgan fingerprint density at radius 2 is 1.72 bits per heavy atom. The third kappa shape index (κ3) is 2.02. The standard InChI is InChI=1S/C16H16N2/c17-16(13-7-2-1-3-8-13)18-15-11-10-12-6-4-5-9-14(12)15/h1-9,15H,10-11H2,(H2,17,18). The molecular weight excluding hydrogens is 220 g/mol. The second-order valence-electron chi connectivity index (χ2n) is 4.63. The number of hydrogen-bond donors (Lipinski definition) is 1. The summed E-state index contributed by atoms with van der Waals surface area (Å²) < 4.78 is 0. The number of nitrogens with zero attached hydrogens (tertiary/aromatic N) is 1. The van der Waals surface area contributed by atoms with Gasteiger partial charge in [0, 0.05) is 5.56 Å². The van der Waals surface area contributed by atoms with E-state index in [1.807, 2.05) is 30.3 Å². The van der Waals surface area contributed by atoms with Crippen LogP contribution in [0.4, 0.5) is 0 Å². The van der Waals surface area contributed by atoms with E-state index in [1.54, 1.807) is 0 Å². The van der Waals surface area contributed by atoms with E-state index in [0.29, 0.717) is 5.84 Å². The first-order valence-electron chi connectivity index (χ1n) is 6.31. The Hall–Kier alpha value is -2.09. The topological polar surface area (TPSA) is 38.4 Å². The fourth-order valence-corrected chi connectivity index (χ4v) is 2.52. The Morgan fingerprint density at radius 1 is 1.00 bits per heavy atom. The van der Waals surface area contributed by atoms with Crippen LogP contribution in [0.5, 0.6) is 0 Å². The quantitative estimate of drug-likeness (QED) is 0.631. The summed E-state index contributed by atoms with van der Waals surface area (Å²) >= 11 is 0. The van der Waals surface area contributed by atoms with Crippen molar-refractivity contribution in [3.05, 3.63) is 71.3 Å². The van der Waals surface area contributed by atoms with Gasteiger partial charge < -0.3 is 5.73 Å². The molecule has 2 aromatic rings. The molecule has 0 saturated carbocycles. The molecule has 90 valence electrons. The minimum Gasteiger partial charge on any atom is -0.383 e. The zero-order valence-electron chi connectivity index (χ0n) is 10.2. The van der Waals surface area contributed by atoms with Crippen LogP contribution in [0.3, 0.4) is 0 Å². The average Bonchev–Trinajstić information content (AvgIpc) is 2.83. The lowest BCUT2D eigenvalue weighted by Crippen LogP contribution is -2.14. The summed E-state index contributed by atoms with van der Waals surface area (Å²) in [6.07, 6.45) is 2.17. The summed E-state index contributed by atoms with van der Waals surface area (Å²) in [6.45, 7) is 0. The summed E-state index contributed by atoms with van der Waals surface area (Å²) in [7, 11) is 0. The van der Waals surface area contributed by atoms with Gasteiger partial charge in [-0.05, 0) is 24.0 Å². The first kappa shape index (κ1) is 11.0. The normalized spacial score (nSPS) is 18.7. The molecule has 1 aliphatic carbocycles. The van der Waals surface area contributed by atoms with E-state index in [-0.39, 0.29) is 6.04 Å². The van der Waals surface area contributed by atoms with Crippen molar-refractivity contribution in [2.24, 2.45) is 10.7 Å². The Morgan fingerprint density at radius 3 is 2.56 bits per heavy atom. The molecule has 1 aliphatic rings. The number of nitrogens with two attached hydrogens (primary N) is 1. The molecule has 1 unspecified atom stereocenters. The van der Waals surface area contributed by atoms with Crippen LogP contribution in [-0.2, 0) is 6.42 Å². The van der Waals surface area contributed by atoms with E-state index in [0.717, 1.165) is 18.4 Å². The molecule has 18 heavy (non-hydrogen) atoms. The Balaban J connectivity index is 1.90. The van der Waals surface area contributed by atoms with E-state index >= 15 is 0 Å². The second kappa shape index (κ2) is 4.65. The van der Waals surface area contributed by atoms with Crippen LogP contribution in [0.25, 0.3) is 0 Å². The zero-order chi connectivity index (χ0) is 12.4. The zero-order valence-corrected chi connectivity index (χ0v) is 10.2. The summed E-state index contributed by atoms with van der Waals surface area (Å²) in [5, 5.41) is 0. The van der Waals surface area contributed by atoms with Gasteiger partial charge in [0.15, 0.2) is 0 Å². The average molecular weight is 236 g/mol. The highest BCUT2D eigenvalue weighted by Gasteiger charge is 2.21. The molecule has 0 amide bonds. The van der Waals surface area contributed by atoms with E-state index in [9.17, 15) is 0 Å². The van der Waals surface area contributed by atoms with Crippen LogP contribution >= 0.6 is 0 Å². The molecule has 0 bridgehead atoms. The van der Waals surface area contributed by atoms with Gasteiger partial charge in [-0.2, -0.15) is 0 Å². The van der Waals surface area contributed by atoms with Gasteiger partial charge in [0.05, 0.1) is 6.04 Å². The van der Waals surface area contributed by atoms with Gasteiger partial charge in [-0.15, -0.1) is 0 Å². The van der Waals surface area contributed by atoms with Crippen molar-refractivity contribution in [1.82, 2.24) is 0 Å². The van der Waals surface area contributed by atoms with Gasteiger partial charge in [0.25, 0.3) is 0 Å². The van der Waals surface area contributed by atoms with Crippen molar-refractivity contribution in [3.8, 4) is 0 Å². The second-order valence-corrected chi connectivity index (χ2v) is 4.63. The highest BCUT2D eigenvalue weighted by atomic mass is 14.9. The molecule has 3 rings (SSSR count). The first-order valence-corrected chi connectivity index (χ1v) is 6.31. The number of hydrogen-bond acceptors (Lipinski definition) is 1. The maximum atomic E-state index is 6.08. The highest BCUT2D eigenvalue weighted by molar-refractivity contribution is 5.97. The van der Waals surface area contributed by atoms with Crippen LogP contribution in [0, 0.1) is 0 Å². The summed E-state index contributed by atoms with van der Waals surface area (Å²) in [5.41, 5.74) is 9.82. The van der Waals surface area contributed by atoms with Crippen LogP contribution < -0.4 is 5.73 Å². The molecule has 0 spiro atoms. The van der Waals surface area contributed by atoms with Crippen LogP contribution in [0.2, 0.25) is 0 Å². The van der Waals surface area contributed by atoms with E-state index in [2.05, 4.69) is 29.3 Å². The molecule has 0 aliphatic heterocycles. The third-order valence-electron chi connectivity index (χ3n) is 3.47. The van der Waals surface area contributed by atoms with Gasteiger partial charge in [0.2, 0.25) is 0 Å². The third-order valence-corrected chi connectivity index (χ3v) is 3.47. The molecule has 1 atom stereocenters. The van der Waals surface area contributed by atoms with Crippen LogP contribution in [0.1, 0.15) is 29.2 Å². The van der Waals surface area contributed by atoms with Crippen molar-refractivity contribution in [2.75, 3.05) is 0 Å². The number of benzene rings is 2. The molecule has 0 aromatic heterocycles. The number of fused-ring (bicyclic) bond motifs is 1. The highest BCUT2D eigenvalue weighted by Crippen LogP contribution is 2.33. The first-order chi connectivity index (χ1) is 8.84. The molecule has 2 aromatic carbocycles. The monoisotopic (exact) mass is 236 g/mol. The Kier molecular flexibility index (Phi) is 2.85. The molecule has 0 saturated heterocycles. The van der Waals surface area contributed by atoms with Crippen LogP contribution in [0.15, 0.2) is 59.6 Å². The van der Waals surface area contributed by atoms with E-state index in [4.69, 9.17) is 5.73 Å². The Labute approximate surface area is 107 Å². The lowest BCUT2D eigenvalue weighted by molar-refractivity contribution is 0.715. The molecule has 0 heterocycles. The van der Waals surface area contributed by atoms with Crippen LogP contribution in [-0.4, -0.2) is 5.84 Å². The van der Waals surface area contributed by atoms with Crippen molar-refractivity contribution in [1.29, 1.82) is 0 Å². The fraction of sp³-hybridized carbons (Fsp3) is 0.188. The smallest absolute Gasteiger partial charge is 0.126 e. The number of amidine groups is 1. The summed E-state index contributed by atoms with van der Waals surface area (Å²) in [4.78, 5) is 4.68. The van der Waals surface area contributed by atoms with Crippen molar-refractivity contribution < 1.29 is 0 Å².